The fraction of sp³-hybridized carbons (Fsp3) is 0.556. The van der Waals surface area contributed by atoms with Crippen LogP contribution in [0.15, 0.2) is 30.3 Å². The number of nitrogens with zero attached hydrogens (tertiary/aromatic N) is 1. The zero-order valence-electron chi connectivity index (χ0n) is 14.7. The predicted octanol–water partition coefficient (Wildman–Crippen LogP) is 3.68. The Morgan fingerprint density at radius 1 is 1.29 bits per heavy atom. The molecule has 1 fully saturated rings. The molecule has 2 atom stereocenters. The van der Waals surface area contributed by atoms with Crippen molar-refractivity contribution in [1.82, 2.24) is 4.90 Å². The highest BCUT2D eigenvalue weighted by atomic mass is 32.2. The Bertz CT molecular complexity index is 570. The zero-order valence-corrected chi connectivity index (χ0v) is 15.5. The maximum atomic E-state index is 12.7. The van der Waals surface area contributed by atoms with Gasteiger partial charge in [-0.1, -0.05) is 51.1 Å². The van der Waals surface area contributed by atoms with E-state index in [0.717, 1.165) is 11.3 Å². The molecule has 0 N–H and O–H groups in total. The number of esters is 1. The van der Waals surface area contributed by atoms with Crippen molar-refractivity contribution in [2.24, 2.45) is 5.41 Å². The quantitative estimate of drug-likeness (QED) is 0.758. The van der Waals surface area contributed by atoms with Gasteiger partial charge >= 0.3 is 12.1 Å². The standard InChI is InChI=1S/C18H25NO4S/c1-18(2,3)16-19(14(10-11-24-4)15(20)23-16)17(21)22-12-13-8-6-5-7-9-13/h5-9,14,16H,10-12H2,1-4H3/t14-,16-/m0/s1. The molecule has 1 aliphatic heterocycles. The van der Waals surface area contributed by atoms with Crippen LogP contribution in [0.4, 0.5) is 4.79 Å². The van der Waals surface area contributed by atoms with Gasteiger partial charge in [-0.15, -0.1) is 0 Å². The molecule has 1 aliphatic rings. The third-order valence-corrected chi connectivity index (χ3v) is 4.48. The molecule has 1 amide bonds. The molecular formula is C18H25NO4S. The fourth-order valence-electron chi connectivity index (χ4n) is 2.62. The Labute approximate surface area is 147 Å². The normalized spacial score (nSPS) is 20.8. The van der Waals surface area contributed by atoms with Gasteiger partial charge in [-0.2, -0.15) is 11.8 Å². The summed E-state index contributed by atoms with van der Waals surface area (Å²) >= 11 is 1.64. The summed E-state index contributed by atoms with van der Waals surface area (Å²) in [5.74, 6) is 0.430. The van der Waals surface area contributed by atoms with Gasteiger partial charge in [-0.05, 0) is 24.0 Å². The molecule has 2 rings (SSSR count). The molecule has 0 radical (unpaired) electrons. The third-order valence-electron chi connectivity index (χ3n) is 3.84. The van der Waals surface area contributed by atoms with Crippen LogP contribution in [0.3, 0.4) is 0 Å². The lowest BCUT2D eigenvalue weighted by Crippen LogP contribution is -2.48. The van der Waals surface area contributed by atoms with Gasteiger partial charge in [-0.3, -0.25) is 4.90 Å². The lowest BCUT2D eigenvalue weighted by molar-refractivity contribution is -0.147. The first-order valence-corrected chi connectivity index (χ1v) is 9.42. The number of amides is 1. The number of carbonyl (C=O) groups excluding carboxylic acids is 2. The van der Waals surface area contributed by atoms with E-state index in [9.17, 15) is 9.59 Å². The van der Waals surface area contributed by atoms with E-state index in [4.69, 9.17) is 9.47 Å². The molecule has 24 heavy (non-hydrogen) atoms. The average molecular weight is 351 g/mol. The number of rotatable bonds is 5. The molecule has 1 heterocycles. The van der Waals surface area contributed by atoms with Crippen molar-refractivity contribution in [3.63, 3.8) is 0 Å². The second-order valence-electron chi connectivity index (χ2n) is 6.90. The second kappa shape index (κ2) is 7.92. The smallest absolute Gasteiger partial charge is 0.413 e. The van der Waals surface area contributed by atoms with Gasteiger partial charge in [0.15, 0.2) is 6.23 Å². The maximum Gasteiger partial charge on any atom is 0.413 e. The highest BCUT2D eigenvalue weighted by molar-refractivity contribution is 7.98. The minimum atomic E-state index is -0.611. The van der Waals surface area contributed by atoms with Crippen molar-refractivity contribution in [1.29, 1.82) is 0 Å². The highest BCUT2D eigenvalue weighted by Crippen LogP contribution is 2.34. The van der Waals surface area contributed by atoms with Crippen LogP contribution in [-0.4, -0.2) is 41.2 Å². The highest BCUT2D eigenvalue weighted by Gasteiger charge is 2.50. The van der Waals surface area contributed by atoms with E-state index in [-0.39, 0.29) is 18.0 Å². The molecule has 0 aromatic heterocycles. The van der Waals surface area contributed by atoms with E-state index in [2.05, 4.69) is 0 Å². The number of cyclic esters (lactones) is 1. The SMILES string of the molecule is CSCC[C@H]1C(=O)O[C@@H](C(C)(C)C)N1C(=O)OCc1ccccc1. The number of hydrogen-bond donors (Lipinski definition) is 0. The minimum absolute atomic E-state index is 0.177. The van der Waals surface area contributed by atoms with Crippen LogP contribution < -0.4 is 0 Å². The van der Waals surface area contributed by atoms with Gasteiger partial charge < -0.3 is 9.47 Å². The lowest BCUT2D eigenvalue weighted by atomic mass is 9.93. The van der Waals surface area contributed by atoms with Gasteiger partial charge in [-0.25, -0.2) is 9.59 Å². The van der Waals surface area contributed by atoms with E-state index >= 15 is 0 Å². The summed E-state index contributed by atoms with van der Waals surface area (Å²) in [6.07, 6.45) is 1.42. The van der Waals surface area contributed by atoms with Gasteiger partial charge in [0, 0.05) is 5.41 Å². The van der Waals surface area contributed by atoms with Crippen LogP contribution in [0.25, 0.3) is 0 Å². The van der Waals surface area contributed by atoms with Crippen molar-refractivity contribution in [2.45, 2.75) is 46.1 Å². The Morgan fingerprint density at radius 2 is 1.96 bits per heavy atom. The van der Waals surface area contributed by atoms with Gasteiger partial charge in [0.05, 0.1) is 0 Å². The number of thioether (sulfide) groups is 1. The van der Waals surface area contributed by atoms with E-state index in [1.54, 1.807) is 11.8 Å². The molecule has 0 aliphatic carbocycles. The van der Waals surface area contributed by atoms with Crippen molar-refractivity contribution >= 4 is 23.8 Å². The molecule has 0 bridgehead atoms. The summed E-state index contributed by atoms with van der Waals surface area (Å²) in [5, 5.41) is 0. The molecule has 1 saturated heterocycles. The first-order chi connectivity index (χ1) is 11.3. The van der Waals surface area contributed by atoms with Crippen molar-refractivity contribution in [3.8, 4) is 0 Å². The fourth-order valence-corrected chi connectivity index (χ4v) is 3.08. The van der Waals surface area contributed by atoms with E-state index in [0.29, 0.717) is 6.42 Å². The zero-order chi connectivity index (χ0) is 17.7. The Kier molecular flexibility index (Phi) is 6.15. The second-order valence-corrected chi connectivity index (χ2v) is 7.89. The topological polar surface area (TPSA) is 55.8 Å². The monoisotopic (exact) mass is 351 g/mol. The van der Waals surface area contributed by atoms with E-state index in [1.165, 1.54) is 4.90 Å². The molecular weight excluding hydrogens is 326 g/mol. The molecule has 0 spiro atoms. The van der Waals surface area contributed by atoms with Crippen LogP contribution >= 0.6 is 11.8 Å². The summed E-state index contributed by atoms with van der Waals surface area (Å²) in [5.41, 5.74) is 0.528. The first-order valence-electron chi connectivity index (χ1n) is 8.03. The van der Waals surface area contributed by atoms with Crippen LogP contribution in [0, 0.1) is 5.41 Å². The largest absolute Gasteiger partial charge is 0.444 e. The van der Waals surface area contributed by atoms with Crippen LogP contribution in [0.5, 0.6) is 0 Å². The lowest BCUT2D eigenvalue weighted by Gasteiger charge is -2.33. The molecule has 1 aromatic carbocycles. The Morgan fingerprint density at radius 3 is 2.54 bits per heavy atom. The van der Waals surface area contributed by atoms with Gasteiger partial charge in [0.25, 0.3) is 0 Å². The molecule has 0 unspecified atom stereocenters. The van der Waals surface area contributed by atoms with Crippen molar-refractivity contribution < 1.29 is 19.1 Å². The summed E-state index contributed by atoms with van der Waals surface area (Å²) in [6.45, 7) is 6.01. The molecule has 5 nitrogen and oxygen atoms in total. The summed E-state index contributed by atoms with van der Waals surface area (Å²) in [4.78, 5) is 26.4. The van der Waals surface area contributed by atoms with Gasteiger partial charge in [0.2, 0.25) is 0 Å². The minimum Gasteiger partial charge on any atom is -0.444 e. The number of benzene rings is 1. The molecule has 1 aromatic rings. The average Bonchev–Trinajstić information content (AvgIpc) is 2.88. The number of hydrogen-bond acceptors (Lipinski definition) is 5. The number of carbonyl (C=O) groups is 2. The predicted molar refractivity (Wildman–Crippen MR) is 94.6 cm³/mol. The van der Waals surface area contributed by atoms with Gasteiger partial charge in [0.1, 0.15) is 12.6 Å². The summed E-state index contributed by atoms with van der Waals surface area (Å²) in [6, 6.07) is 8.91. The van der Waals surface area contributed by atoms with Crippen LogP contribution in [0.1, 0.15) is 32.8 Å². The summed E-state index contributed by atoms with van der Waals surface area (Å²) in [7, 11) is 0. The van der Waals surface area contributed by atoms with E-state index in [1.807, 2.05) is 57.4 Å². The maximum absolute atomic E-state index is 12.7. The third kappa shape index (κ3) is 4.44. The Hall–Kier alpha value is -1.69. The molecule has 0 saturated carbocycles. The van der Waals surface area contributed by atoms with E-state index < -0.39 is 18.4 Å². The first kappa shape index (κ1) is 18.6. The van der Waals surface area contributed by atoms with Crippen molar-refractivity contribution in [2.75, 3.05) is 12.0 Å². The number of ether oxygens (including phenoxy) is 2. The summed E-state index contributed by atoms with van der Waals surface area (Å²) < 4.78 is 10.9. The molecule has 132 valence electrons. The molecule has 6 heteroatoms. The van der Waals surface area contributed by atoms with Crippen molar-refractivity contribution in [3.05, 3.63) is 35.9 Å². The van der Waals surface area contributed by atoms with Crippen LogP contribution in [0.2, 0.25) is 0 Å². The Balaban J connectivity index is 2.13. The van der Waals surface area contributed by atoms with Crippen LogP contribution in [-0.2, 0) is 20.9 Å².